The fourth-order valence-corrected chi connectivity index (χ4v) is 2.12. The van der Waals surface area contributed by atoms with Crippen molar-refractivity contribution in [2.75, 3.05) is 13.1 Å². The third-order valence-electron chi connectivity index (χ3n) is 2.74. The Labute approximate surface area is 75.4 Å². The van der Waals surface area contributed by atoms with E-state index < -0.39 is 0 Å². The van der Waals surface area contributed by atoms with Crippen molar-refractivity contribution in [3.63, 3.8) is 0 Å². The molecule has 0 radical (unpaired) electrons. The van der Waals surface area contributed by atoms with Crippen LogP contribution in [-0.4, -0.2) is 18.1 Å². The zero-order valence-corrected chi connectivity index (χ0v) is 8.21. The molecule has 0 aliphatic carbocycles. The predicted octanol–water partition coefficient (Wildman–Crippen LogP) is 1.78. The molecule has 2 N–H and O–H groups in total. The molecule has 0 amide bonds. The molecule has 1 aliphatic rings. The molecule has 0 aromatic heterocycles. The minimum atomic E-state index is 0.748. The van der Waals surface area contributed by atoms with Gasteiger partial charge in [0, 0.05) is 13.1 Å². The number of hydrogen-bond donors (Lipinski definition) is 1. The van der Waals surface area contributed by atoms with Gasteiger partial charge in [-0.15, -0.1) is 6.58 Å². The summed E-state index contributed by atoms with van der Waals surface area (Å²) in [7, 11) is 0. The third-order valence-corrected chi connectivity index (χ3v) is 2.74. The van der Waals surface area contributed by atoms with Crippen molar-refractivity contribution < 1.29 is 0 Å². The van der Waals surface area contributed by atoms with Crippen LogP contribution in [0.3, 0.4) is 0 Å². The van der Waals surface area contributed by atoms with Crippen LogP contribution in [0.1, 0.15) is 26.7 Å². The molecule has 0 aromatic carbocycles. The van der Waals surface area contributed by atoms with Gasteiger partial charge in [0.25, 0.3) is 0 Å². The van der Waals surface area contributed by atoms with E-state index in [-0.39, 0.29) is 0 Å². The van der Waals surface area contributed by atoms with Crippen molar-refractivity contribution in [1.29, 1.82) is 0 Å². The van der Waals surface area contributed by atoms with Gasteiger partial charge in [0.05, 0.1) is 0 Å². The number of rotatable bonds is 3. The highest BCUT2D eigenvalue weighted by Crippen LogP contribution is 2.28. The molecule has 1 fully saturated rings. The van der Waals surface area contributed by atoms with Gasteiger partial charge in [-0.2, -0.15) is 0 Å². The van der Waals surface area contributed by atoms with E-state index in [1.54, 1.807) is 0 Å². The molecule has 1 saturated heterocycles. The molecule has 2 heteroatoms. The highest BCUT2D eigenvalue weighted by molar-refractivity contribution is 4.95. The largest absolute Gasteiger partial charge is 0.269 e. The van der Waals surface area contributed by atoms with Gasteiger partial charge in [-0.05, 0) is 25.2 Å². The molecule has 0 saturated carbocycles. The Morgan fingerprint density at radius 2 is 2.08 bits per heavy atom. The van der Waals surface area contributed by atoms with Crippen LogP contribution in [0.5, 0.6) is 0 Å². The van der Waals surface area contributed by atoms with Crippen molar-refractivity contribution in [2.24, 2.45) is 17.7 Å². The summed E-state index contributed by atoms with van der Waals surface area (Å²) in [6, 6.07) is 0. The van der Waals surface area contributed by atoms with Gasteiger partial charge in [-0.3, -0.25) is 5.84 Å². The topological polar surface area (TPSA) is 29.3 Å². The summed E-state index contributed by atoms with van der Waals surface area (Å²) in [4.78, 5) is 0. The SMILES string of the molecule is C=C(C)CC1CN(N)CC1CC. The summed E-state index contributed by atoms with van der Waals surface area (Å²) in [6.07, 6.45) is 2.39. The number of allylic oxidation sites excluding steroid dienone is 1. The fourth-order valence-electron chi connectivity index (χ4n) is 2.12. The van der Waals surface area contributed by atoms with Crippen LogP contribution in [0.2, 0.25) is 0 Å². The van der Waals surface area contributed by atoms with Crippen molar-refractivity contribution in [2.45, 2.75) is 26.7 Å². The van der Waals surface area contributed by atoms with Gasteiger partial charge >= 0.3 is 0 Å². The fraction of sp³-hybridized carbons (Fsp3) is 0.800. The maximum Gasteiger partial charge on any atom is 0.0163 e. The van der Waals surface area contributed by atoms with Crippen LogP contribution in [-0.2, 0) is 0 Å². The zero-order valence-electron chi connectivity index (χ0n) is 8.21. The molecule has 0 bridgehead atoms. The molecule has 1 rings (SSSR count). The van der Waals surface area contributed by atoms with Gasteiger partial charge in [-0.25, -0.2) is 5.01 Å². The van der Waals surface area contributed by atoms with Crippen molar-refractivity contribution >= 4 is 0 Å². The lowest BCUT2D eigenvalue weighted by molar-refractivity contribution is 0.334. The lowest BCUT2D eigenvalue weighted by atomic mass is 9.89. The second kappa shape index (κ2) is 4.06. The Morgan fingerprint density at radius 3 is 2.58 bits per heavy atom. The third kappa shape index (κ3) is 2.32. The quantitative estimate of drug-likeness (QED) is 0.514. The summed E-state index contributed by atoms with van der Waals surface area (Å²) in [5, 5.41) is 1.95. The standard InChI is InChI=1S/C10H20N2/c1-4-9-6-12(11)7-10(9)5-8(2)3/h9-10H,2,4-7,11H2,1,3H3. The second-order valence-electron chi connectivity index (χ2n) is 4.04. The van der Waals surface area contributed by atoms with Gasteiger partial charge in [0.1, 0.15) is 0 Å². The highest BCUT2D eigenvalue weighted by Gasteiger charge is 2.29. The predicted molar refractivity (Wildman–Crippen MR) is 52.5 cm³/mol. The van der Waals surface area contributed by atoms with E-state index in [4.69, 9.17) is 5.84 Å². The van der Waals surface area contributed by atoms with E-state index in [1.807, 2.05) is 5.01 Å². The van der Waals surface area contributed by atoms with Crippen LogP contribution in [0.4, 0.5) is 0 Å². The van der Waals surface area contributed by atoms with E-state index >= 15 is 0 Å². The first-order valence-corrected chi connectivity index (χ1v) is 4.77. The summed E-state index contributed by atoms with van der Waals surface area (Å²) in [5.74, 6) is 7.30. The first kappa shape index (κ1) is 9.75. The van der Waals surface area contributed by atoms with Crippen LogP contribution in [0.15, 0.2) is 12.2 Å². The Balaban J connectivity index is 2.46. The Kier molecular flexibility index (Phi) is 3.29. The minimum Gasteiger partial charge on any atom is -0.269 e. The normalized spacial score (nSPS) is 30.9. The Morgan fingerprint density at radius 1 is 1.50 bits per heavy atom. The average Bonchev–Trinajstić information content (AvgIpc) is 2.29. The van der Waals surface area contributed by atoms with Crippen molar-refractivity contribution in [3.05, 3.63) is 12.2 Å². The molecule has 70 valence electrons. The molecule has 1 heterocycles. The van der Waals surface area contributed by atoms with Gasteiger partial charge < -0.3 is 0 Å². The van der Waals surface area contributed by atoms with Crippen LogP contribution < -0.4 is 5.84 Å². The first-order chi connectivity index (χ1) is 5.63. The van der Waals surface area contributed by atoms with Crippen molar-refractivity contribution in [1.82, 2.24) is 5.01 Å². The lowest BCUT2D eigenvalue weighted by Gasteiger charge is -2.15. The number of nitrogens with zero attached hydrogens (tertiary/aromatic N) is 1. The van der Waals surface area contributed by atoms with Crippen molar-refractivity contribution in [3.8, 4) is 0 Å². The minimum absolute atomic E-state index is 0.748. The summed E-state index contributed by atoms with van der Waals surface area (Å²) >= 11 is 0. The molecule has 0 aromatic rings. The molecule has 2 atom stereocenters. The average molecular weight is 168 g/mol. The second-order valence-corrected chi connectivity index (χ2v) is 4.04. The van der Waals surface area contributed by atoms with E-state index in [9.17, 15) is 0 Å². The highest BCUT2D eigenvalue weighted by atomic mass is 15.4. The molecule has 0 spiro atoms. The summed E-state index contributed by atoms with van der Waals surface area (Å²) < 4.78 is 0. The Hall–Kier alpha value is -0.340. The molecular formula is C10H20N2. The molecule has 12 heavy (non-hydrogen) atoms. The lowest BCUT2D eigenvalue weighted by Crippen LogP contribution is -2.28. The molecular weight excluding hydrogens is 148 g/mol. The number of nitrogens with two attached hydrogens (primary N) is 1. The summed E-state index contributed by atoms with van der Waals surface area (Å²) in [6.45, 7) is 10.4. The summed E-state index contributed by atoms with van der Waals surface area (Å²) in [5.41, 5.74) is 1.29. The zero-order chi connectivity index (χ0) is 9.14. The van der Waals surface area contributed by atoms with E-state index in [0.717, 1.165) is 31.3 Å². The van der Waals surface area contributed by atoms with Gasteiger partial charge in [-0.1, -0.05) is 18.9 Å². The molecule has 2 nitrogen and oxygen atoms in total. The Bertz CT molecular complexity index is 165. The van der Waals surface area contributed by atoms with Crippen LogP contribution in [0.25, 0.3) is 0 Å². The number of hydrogen-bond acceptors (Lipinski definition) is 2. The van der Waals surface area contributed by atoms with Crippen LogP contribution >= 0.6 is 0 Å². The monoisotopic (exact) mass is 168 g/mol. The maximum absolute atomic E-state index is 5.77. The molecule has 1 aliphatic heterocycles. The number of hydrazine groups is 1. The maximum atomic E-state index is 5.77. The van der Waals surface area contributed by atoms with Gasteiger partial charge in [0.15, 0.2) is 0 Å². The van der Waals surface area contributed by atoms with Crippen LogP contribution in [0, 0.1) is 11.8 Å². The van der Waals surface area contributed by atoms with E-state index in [1.165, 1.54) is 12.0 Å². The van der Waals surface area contributed by atoms with Gasteiger partial charge in [0.2, 0.25) is 0 Å². The van der Waals surface area contributed by atoms with E-state index in [2.05, 4.69) is 20.4 Å². The van der Waals surface area contributed by atoms with E-state index in [0.29, 0.717) is 0 Å². The molecule has 2 unspecified atom stereocenters. The first-order valence-electron chi connectivity index (χ1n) is 4.77. The smallest absolute Gasteiger partial charge is 0.0163 e.